The van der Waals surface area contributed by atoms with Crippen molar-refractivity contribution in [2.24, 2.45) is 28.8 Å². The van der Waals surface area contributed by atoms with Crippen molar-refractivity contribution >= 4 is 29.6 Å². The van der Waals surface area contributed by atoms with E-state index in [0.29, 0.717) is 24.8 Å². The van der Waals surface area contributed by atoms with E-state index >= 15 is 4.39 Å². The van der Waals surface area contributed by atoms with Gasteiger partial charge >= 0.3 is 18.0 Å². The van der Waals surface area contributed by atoms with Gasteiger partial charge in [0.25, 0.3) is 5.67 Å². The Hall–Kier alpha value is -4.15. The van der Waals surface area contributed by atoms with Gasteiger partial charge in [0.2, 0.25) is 0 Å². The van der Waals surface area contributed by atoms with Gasteiger partial charge in [-0.1, -0.05) is 57.9 Å². The lowest BCUT2D eigenvalue weighted by atomic mass is 9.73. The number of methoxy groups -OCH3 is 1. The second-order valence-electron chi connectivity index (χ2n) is 17.4. The van der Waals surface area contributed by atoms with E-state index in [-0.39, 0.29) is 50.3 Å². The summed E-state index contributed by atoms with van der Waals surface area (Å²) in [5.74, 6) is -6.76. The lowest BCUT2D eigenvalue weighted by Gasteiger charge is -2.48. The summed E-state index contributed by atoms with van der Waals surface area (Å²) in [6.07, 6.45) is -3.56. The maximum atomic E-state index is 17.0. The number of nitrogens with zero attached hydrogens (tertiary/aromatic N) is 5. The van der Waals surface area contributed by atoms with Crippen LogP contribution in [0.15, 0.2) is 35.4 Å². The van der Waals surface area contributed by atoms with Crippen molar-refractivity contribution in [2.45, 2.75) is 141 Å². The van der Waals surface area contributed by atoms with E-state index in [9.17, 15) is 24.0 Å². The lowest BCUT2D eigenvalue weighted by molar-refractivity contribution is -0.286. The Morgan fingerprint density at radius 1 is 1.05 bits per heavy atom. The predicted molar refractivity (Wildman–Crippen MR) is 217 cm³/mol. The Morgan fingerprint density at radius 3 is 2.32 bits per heavy atom. The van der Waals surface area contributed by atoms with Crippen LogP contribution in [0.5, 0.6) is 0 Å². The topological polar surface area (TPSA) is 196 Å². The standard InChI is InChI=1S/C43H64FN5O11/c1-12-32-43(8)34(49(40(54)60-43)21-17-16-20-46-47-45)27(4)33(50)25(2)23-41(6,55-11)36(28(5)35(51)42(7,44)39(53)58-32)59-38-26(3)31(48(9)10)22-30(57-38)24-56-37(52)29-18-14-13-15-19-29/h13-15,18-19,25-28,30-32,34,36,38H,12,16-17,20-24H2,1-11H3/t25-,26?,27+,28+,30?,31?,32-,34-,36-,38?,41+,42+,43-/m1/s1. The number of carbonyl (C=O) groups excluding carboxylic acids is 5. The number of ether oxygens (including phenoxy) is 6. The number of rotatable bonds is 13. The Bertz CT molecular complexity index is 1740. The molecule has 1 aromatic carbocycles. The number of hydrogen-bond donors (Lipinski definition) is 0. The molecule has 0 radical (unpaired) electrons. The van der Waals surface area contributed by atoms with E-state index in [4.69, 9.17) is 34.0 Å². The first-order chi connectivity index (χ1) is 28.2. The molecule has 3 aliphatic rings. The molecule has 0 spiro atoms. The first-order valence-corrected chi connectivity index (χ1v) is 20.9. The molecule has 3 aliphatic heterocycles. The van der Waals surface area contributed by atoms with Crippen molar-refractivity contribution in [2.75, 3.05) is 40.9 Å². The van der Waals surface area contributed by atoms with Crippen molar-refractivity contribution < 1.29 is 56.8 Å². The van der Waals surface area contributed by atoms with Crippen molar-refractivity contribution in [1.29, 1.82) is 0 Å². The van der Waals surface area contributed by atoms with Gasteiger partial charge in [0.1, 0.15) is 18.5 Å². The average Bonchev–Trinajstić information content (AvgIpc) is 3.48. The van der Waals surface area contributed by atoms with Crippen molar-refractivity contribution in [3.63, 3.8) is 0 Å². The van der Waals surface area contributed by atoms with E-state index in [0.717, 1.165) is 6.92 Å². The van der Waals surface area contributed by atoms with Crippen LogP contribution in [0.25, 0.3) is 10.4 Å². The highest BCUT2D eigenvalue weighted by molar-refractivity contribution is 6.08. The van der Waals surface area contributed by atoms with Crippen molar-refractivity contribution in [1.82, 2.24) is 9.80 Å². The summed E-state index contributed by atoms with van der Waals surface area (Å²) in [5, 5.41) is 3.56. The molecule has 0 bridgehead atoms. The third kappa shape index (κ3) is 10.3. The number of amides is 1. The summed E-state index contributed by atoms with van der Waals surface area (Å²) >= 11 is 0. The van der Waals surface area contributed by atoms with E-state index in [2.05, 4.69) is 10.0 Å². The molecule has 1 amide bonds. The number of Topliss-reactive ketones (excluding diaryl/α,β-unsaturated/α-hetero) is 2. The zero-order valence-corrected chi connectivity index (χ0v) is 36.9. The molecule has 3 heterocycles. The molecule has 16 nitrogen and oxygen atoms in total. The molecule has 1 aromatic rings. The molecule has 0 N–H and O–H groups in total. The van der Waals surface area contributed by atoms with Crippen LogP contribution >= 0.6 is 0 Å². The summed E-state index contributed by atoms with van der Waals surface area (Å²) in [5.41, 5.74) is 2.81. The maximum absolute atomic E-state index is 17.0. The lowest BCUT2D eigenvalue weighted by Crippen LogP contribution is -2.61. The SMILES string of the molecule is CC[C@H]1OC(=O)[C@@](C)(F)C(=O)[C@H](C)[C@@H](OC2OC(COC(=O)c3ccccc3)CC(N(C)C)C2C)[C@@](C)(OC)C[C@@H](C)C(=O)[C@H](C)[C@H]2N(CCCCN=[N+]=[N-])C(=O)O[C@]12C. The average molecular weight is 846 g/mol. The van der Waals surface area contributed by atoms with Crippen LogP contribution in [0.4, 0.5) is 9.18 Å². The fraction of sp³-hybridized carbons (Fsp3) is 0.744. The second kappa shape index (κ2) is 20.1. The van der Waals surface area contributed by atoms with E-state index in [1.807, 2.05) is 25.9 Å². The highest BCUT2D eigenvalue weighted by atomic mass is 19.1. The number of halogens is 1. The number of fused-ring (bicyclic) bond motifs is 1. The second-order valence-corrected chi connectivity index (χ2v) is 17.4. The third-order valence-electron chi connectivity index (χ3n) is 12.8. The van der Waals surface area contributed by atoms with Gasteiger partial charge in [-0.15, -0.1) is 0 Å². The van der Waals surface area contributed by atoms with Crippen molar-refractivity contribution in [3.8, 4) is 0 Å². The summed E-state index contributed by atoms with van der Waals surface area (Å²) < 4.78 is 53.9. The number of carbonyl (C=O) groups is 5. The van der Waals surface area contributed by atoms with Gasteiger partial charge in [0.15, 0.2) is 17.7 Å². The van der Waals surface area contributed by atoms with Crippen LogP contribution in [0.3, 0.4) is 0 Å². The van der Waals surface area contributed by atoms with Crippen LogP contribution < -0.4 is 0 Å². The Morgan fingerprint density at radius 2 is 1.72 bits per heavy atom. The number of ketones is 2. The molecule has 13 atom stereocenters. The summed E-state index contributed by atoms with van der Waals surface area (Å²) in [4.78, 5) is 75.7. The van der Waals surface area contributed by atoms with Gasteiger partial charge < -0.3 is 38.2 Å². The van der Waals surface area contributed by atoms with Crippen LogP contribution in [0, 0.1) is 23.7 Å². The fourth-order valence-electron chi connectivity index (χ4n) is 9.37. The summed E-state index contributed by atoms with van der Waals surface area (Å²) in [7, 11) is 5.21. The quantitative estimate of drug-likeness (QED) is 0.0399. The predicted octanol–water partition coefficient (Wildman–Crippen LogP) is 6.49. The molecular formula is C43H64FN5O11. The number of alkyl halides is 1. The Balaban J connectivity index is 1.75. The fourth-order valence-corrected chi connectivity index (χ4v) is 9.37. The van der Waals surface area contributed by atoms with Gasteiger partial charge in [-0.05, 0) is 84.6 Å². The molecule has 0 aliphatic carbocycles. The minimum absolute atomic E-state index is 0.0135. The zero-order chi connectivity index (χ0) is 44.7. The number of azide groups is 1. The van der Waals surface area contributed by atoms with Gasteiger partial charge in [0, 0.05) is 54.8 Å². The maximum Gasteiger partial charge on any atom is 0.410 e. The molecular weight excluding hydrogens is 781 g/mol. The first kappa shape index (κ1) is 48.5. The normalized spacial score (nSPS) is 36.8. The van der Waals surface area contributed by atoms with E-state index < -0.39 is 89.1 Å². The molecule has 60 heavy (non-hydrogen) atoms. The smallest absolute Gasteiger partial charge is 0.410 e. The minimum Gasteiger partial charge on any atom is -0.459 e. The van der Waals surface area contributed by atoms with Crippen LogP contribution in [-0.2, 0) is 42.8 Å². The monoisotopic (exact) mass is 845 g/mol. The van der Waals surface area contributed by atoms with Gasteiger partial charge in [0.05, 0.1) is 29.4 Å². The Labute approximate surface area is 352 Å². The zero-order valence-electron chi connectivity index (χ0n) is 36.9. The molecule has 4 rings (SSSR count). The van der Waals surface area contributed by atoms with Gasteiger partial charge in [-0.25, -0.2) is 18.8 Å². The van der Waals surface area contributed by atoms with Crippen LogP contribution in [0.2, 0.25) is 0 Å². The minimum atomic E-state index is -3.20. The van der Waals surface area contributed by atoms with E-state index in [1.54, 1.807) is 65.0 Å². The number of benzene rings is 1. The number of esters is 2. The van der Waals surface area contributed by atoms with Crippen molar-refractivity contribution in [3.05, 3.63) is 46.3 Å². The molecule has 3 saturated heterocycles. The molecule has 0 aromatic heterocycles. The molecule has 17 heteroatoms. The number of hydrogen-bond acceptors (Lipinski definition) is 13. The number of unbranched alkanes of at least 4 members (excludes halogenated alkanes) is 1. The van der Waals surface area contributed by atoms with Crippen LogP contribution in [0.1, 0.15) is 97.9 Å². The van der Waals surface area contributed by atoms with Crippen LogP contribution in [-0.4, -0.2) is 134 Å². The summed E-state index contributed by atoms with van der Waals surface area (Å²) in [6, 6.07) is 7.44. The molecule has 0 saturated carbocycles. The highest BCUT2D eigenvalue weighted by Gasteiger charge is 2.61. The largest absolute Gasteiger partial charge is 0.459 e. The third-order valence-corrected chi connectivity index (χ3v) is 12.8. The van der Waals surface area contributed by atoms with Gasteiger partial charge in [-0.3, -0.25) is 9.59 Å². The first-order valence-electron chi connectivity index (χ1n) is 20.9. The highest BCUT2D eigenvalue weighted by Crippen LogP contribution is 2.44. The molecule has 3 fully saturated rings. The Kier molecular flexibility index (Phi) is 16.3. The number of cyclic esters (lactones) is 1. The summed E-state index contributed by atoms with van der Waals surface area (Å²) in [6.45, 7) is 12.8. The van der Waals surface area contributed by atoms with E-state index in [1.165, 1.54) is 18.9 Å². The molecule has 334 valence electrons. The van der Waals surface area contributed by atoms with Gasteiger partial charge in [-0.2, -0.15) is 0 Å². The molecule has 4 unspecified atom stereocenters.